The average molecular weight is 599 g/mol. The molecule has 1 fully saturated rings. The van der Waals surface area contributed by atoms with Crippen LogP contribution in [0.1, 0.15) is 22.5 Å². The van der Waals surface area contributed by atoms with Gasteiger partial charge in [0.15, 0.2) is 11.6 Å². The van der Waals surface area contributed by atoms with Crippen LogP contribution in [0.4, 0.5) is 52.1 Å². The van der Waals surface area contributed by atoms with Gasteiger partial charge in [-0.25, -0.2) is 14.4 Å². The lowest BCUT2D eigenvalue weighted by molar-refractivity contribution is -0.137. The maximum Gasteiger partial charge on any atom is 0.416 e. The number of hydrogen-bond acceptors (Lipinski definition) is 10. The molecule has 0 atom stereocenters. The van der Waals surface area contributed by atoms with Crippen molar-refractivity contribution in [2.24, 2.45) is 0 Å². The molecule has 0 bridgehead atoms. The van der Waals surface area contributed by atoms with E-state index in [1.165, 1.54) is 36.5 Å². The summed E-state index contributed by atoms with van der Waals surface area (Å²) in [5.74, 6) is -1.25. The lowest BCUT2D eigenvalue weighted by atomic mass is 10.1. The molecule has 11 nitrogen and oxygen atoms in total. The number of carbonyl (C=O) groups is 1. The molecule has 5 rings (SSSR count). The van der Waals surface area contributed by atoms with Crippen LogP contribution in [0.15, 0.2) is 67.0 Å². The van der Waals surface area contributed by atoms with Crippen LogP contribution in [0.3, 0.4) is 0 Å². The Morgan fingerprint density at radius 1 is 0.907 bits per heavy atom. The summed E-state index contributed by atoms with van der Waals surface area (Å²) in [6, 6.07) is 12.2. The molecule has 2 aromatic carbocycles. The summed E-state index contributed by atoms with van der Waals surface area (Å²) in [4.78, 5) is 26.4. The van der Waals surface area contributed by atoms with E-state index in [-0.39, 0.29) is 34.6 Å². The van der Waals surface area contributed by atoms with Crippen molar-refractivity contribution in [3.8, 4) is 5.75 Å². The van der Waals surface area contributed by atoms with Gasteiger partial charge in [0.1, 0.15) is 11.4 Å². The zero-order valence-electron chi connectivity index (χ0n) is 22.5. The lowest BCUT2D eigenvalue weighted by Crippen LogP contribution is -2.32. The molecule has 1 aliphatic rings. The Morgan fingerprint density at radius 3 is 2.42 bits per heavy atom. The number of phenolic OH excluding ortho intramolecular Hbond substituents is 1. The molecule has 43 heavy (non-hydrogen) atoms. The van der Waals surface area contributed by atoms with Gasteiger partial charge >= 0.3 is 6.18 Å². The molecule has 15 heteroatoms. The number of pyridine rings is 1. The van der Waals surface area contributed by atoms with E-state index in [1.54, 1.807) is 17.0 Å². The third kappa shape index (κ3) is 7.77. The van der Waals surface area contributed by atoms with Crippen molar-refractivity contribution in [3.63, 3.8) is 0 Å². The van der Waals surface area contributed by atoms with Crippen LogP contribution in [-0.2, 0) is 10.9 Å². The number of hydrazine groups is 1. The fourth-order valence-corrected chi connectivity index (χ4v) is 4.23. The fourth-order valence-electron chi connectivity index (χ4n) is 4.23. The van der Waals surface area contributed by atoms with E-state index in [0.717, 1.165) is 18.3 Å². The third-order valence-electron chi connectivity index (χ3n) is 6.22. The number of aromatic nitrogens is 3. The van der Waals surface area contributed by atoms with Gasteiger partial charge in [-0.3, -0.25) is 15.6 Å². The van der Waals surface area contributed by atoms with Crippen LogP contribution >= 0.6 is 0 Å². The first-order valence-corrected chi connectivity index (χ1v) is 13.1. The summed E-state index contributed by atoms with van der Waals surface area (Å²) >= 11 is 0. The van der Waals surface area contributed by atoms with Gasteiger partial charge in [-0.1, -0.05) is 6.07 Å². The number of anilines is 6. The number of nitrogens with zero attached hydrogens (tertiary/aromatic N) is 4. The Labute approximate surface area is 242 Å². The van der Waals surface area contributed by atoms with Gasteiger partial charge in [-0.2, -0.15) is 18.2 Å². The number of nitrogens with one attached hydrogen (secondary N) is 4. The summed E-state index contributed by atoms with van der Waals surface area (Å²) in [5, 5.41) is 15.4. The first-order chi connectivity index (χ1) is 20.6. The van der Waals surface area contributed by atoms with E-state index in [2.05, 4.69) is 36.4 Å². The summed E-state index contributed by atoms with van der Waals surface area (Å²) in [6.07, 6.45) is -1.62. The van der Waals surface area contributed by atoms with Crippen molar-refractivity contribution in [1.82, 2.24) is 20.4 Å². The fraction of sp³-hybridized carbons (Fsp3) is 0.214. The number of rotatable bonds is 8. The van der Waals surface area contributed by atoms with Crippen LogP contribution in [0.25, 0.3) is 0 Å². The first-order valence-electron chi connectivity index (χ1n) is 13.1. The minimum absolute atomic E-state index is 0.0136. The summed E-state index contributed by atoms with van der Waals surface area (Å²) in [6.45, 7) is 2.02. The quantitative estimate of drug-likeness (QED) is 0.136. The lowest BCUT2D eigenvalue weighted by Gasteiger charge is -2.21. The molecule has 1 saturated heterocycles. The molecule has 5 N–H and O–H groups in total. The number of ether oxygens (including phenoxy) is 1. The monoisotopic (exact) mass is 598 g/mol. The Balaban J connectivity index is 1.24. The molecule has 0 aliphatic carbocycles. The smallest absolute Gasteiger partial charge is 0.416 e. The molecule has 1 amide bonds. The SMILES string of the molecule is O=C(NNc1ncc(F)c(N2CCCOCC2)n1)c1ccc(Nc2cc(Nc3cccc(O)c3)cc(C(F)(F)F)c2)cn1. The Hall–Kier alpha value is -5.18. The first kappa shape index (κ1) is 29.3. The van der Waals surface area contributed by atoms with Gasteiger partial charge in [0.2, 0.25) is 5.95 Å². The molecule has 4 aromatic rings. The second-order valence-corrected chi connectivity index (χ2v) is 9.43. The van der Waals surface area contributed by atoms with E-state index in [4.69, 9.17) is 4.74 Å². The molecule has 0 saturated carbocycles. The minimum Gasteiger partial charge on any atom is -0.508 e. The highest BCUT2D eigenvalue weighted by Crippen LogP contribution is 2.35. The molecule has 224 valence electrons. The van der Waals surface area contributed by atoms with Crippen LogP contribution in [0.2, 0.25) is 0 Å². The van der Waals surface area contributed by atoms with Crippen molar-refractivity contribution in [2.75, 3.05) is 47.3 Å². The van der Waals surface area contributed by atoms with Crippen LogP contribution in [0, 0.1) is 5.82 Å². The van der Waals surface area contributed by atoms with E-state index >= 15 is 0 Å². The largest absolute Gasteiger partial charge is 0.508 e. The summed E-state index contributed by atoms with van der Waals surface area (Å²) in [7, 11) is 0. The van der Waals surface area contributed by atoms with Gasteiger partial charge < -0.3 is 25.4 Å². The van der Waals surface area contributed by atoms with Crippen LogP contribution in [0.5, 0.6) is 5.75 Å². The minimum atomic E-state index is -4.61. The highest BCUT2D eigenvalue weighted by atomic mass is 19.4. The van der Waals surface area contributed by atoms with Gasteiger partial charge in [0.25, 0.3) is 5.91 Å². The number of aromatic hydroxyl groups is 1. The van der Waals surface area contributed by atoms with E-state index in [9.17, 15) is 27.5 Å². The summed E-state index contributed by atoms with van der Waals surface area (Å²) in [5.41, 5.74) is 4.98. The van der Waals surface area contributed by atoms with E-state index in [1.807, 2.05) is 0 Å². The predicted octanol–water partition coefficient (Wildman–Crippen LogP) is 5.21. The zero-order chi connectivity index (χ0) is 30.4. The Morgan fingerprint density at radius 2 is 1.70 bits per heavy atom. The second-order valence-electron chi connectivity index (χ2n) is 9.43. The average Bonchev–Trinajstić information content (AvgIpc) is 3.26. The number of halogens is 4. The van der Waals surface area contributed by atoms with Crippen molar-refractivity contribution in [2.45, 2.75) is 12.6 Å². The number of alkyl halides is 3. The maximum absolute atomic E-state index is 14.4. The van der Waals surface area contributed by atoms with Gasteiger partial charge in [0.05, 0.1) is 30.3 Å². The molecule has 2 aromatic heterocycles. The Bertz CT molecular complexity index is 1580. The van der Waals surface area contributed by atoms with Crippen molar-refractivity contribution in [3.05, 3.63) is 84.1 Å². The highest BCUT2D eigenvalue weighted by molar-refractivity contribution is 5.93. The molecule has 3 heterocycles. The van der Waals surface area contributed by atoms with Gasteiger partial charge in [0, 0.05) is 42.8 Å². The molecule has 1 aliphatic heterocycles. The molecule has 0 unspecified atom stereocenters. The highest BCUT2D eigenvalue weighted by Gasteiger charge is 2.31. The number of amides is 1. The van der Waals surface area contributed by atoms with E-state index in [0.29, 0.717) is 44.1 Å². The van der Waals surface area contributed by atoms with Crippen molar-refractivity contribution < 1.29 is 32.2 Å². The zero-order valence-corrected chi connectivity index (χ0v) is 22.5. The van der Waals surface area contributed by atoms with E-state index < -0.39 is 23.5 Å². The number of phenols is 1. The standard InChI is InChI=1S/C28H26F4N8O3/c29-23-16-34-27(37-25(23)40-7-2-9-43-10-8-40)39-38-26(42)24-6-5-19(15-33-24)36-21-12-17(28(30,31)32)11-20(13-21)35-18-3-1-4-22(41)14-18/h1,3-6,11-16,35-36,41H,2,7-10H2,(H,38,42)(H,34,37,39). The van der Waals surface area contributed by atoms with Gasteiger partial charge in [-0.15, -0.1) is 0 Å². The molecular weight excluding hydrogens is 572 g/mol. The van der Waals surface area contributed by atoms with Crippen molar-refractivity contribution in [1.29, 1.82) is 0 Å². The maximum atomic E-state index is 14.4. The molecule has 0 spiro atoms. The third-order valence-corrected chi connectivity index (χ3v) is 6.22. The topological polar surface area (TPSA) is 137 Å². The van der Waals surface area contributed by atoms with Crippen LogP contribution < -0.4 is 26.4 Å². The normalized spacial score (nSPS) is 13.6. The number of benzene rings is 2. The predicted molar refractivity (Wildman–Crippen MR) is 151 cm³/mol. The summed E-state index contributed by atoms with van der Waals surface area (Å²) < 4.78 is 60.5. The van der Waals surface area contributed by atoms with Crippen LogP contribution in [-0.4, -0.2) is 52.3 Å². The molecular formula is C28H26F4N8O3. The Kier molecular flexibility index (Phi) is 8.71. The number of hydrogen-bond donors (Lipinski definition) is 5. The van der Waals surface area contributed by atoms with Crippen molar-refractivity contribution >= 4 is 40.4 Å². The number of carbonyl (C=O) groups excluding carboxylic acids is 1. The molecule has 0 radical (unpaired) electrons. The second kappa shape index (κ2) is 12.8. The van der Waals surface area contributed by atoms with Gasteiger partial charge in [-0.05, 0) is 48.9 Å².